The Morgan fingerprint density at radius 2 is 2.09 bits per heavy atom. The molecule has 5 nitrogen and oxygen atoms in total. The first-order valence-corrected chi connectivity index (χ1v) is 8.49. The lowest BCUT2D eigenvalue weighted by Gasteiger charge is -2.02. The minimum atomic E-state index is -0.243. The third-order valence-corrected chi connectivity index (χ3v) is 4.84. The van der Waals surface area contributed by atoms with Crippen molar-refractivity contribution in [3.8, 4) is 11.3 Å². The number of rotatable bonds is 5. The third kappa shape index (κ3) is 3.10. The van der Waals surface area contributed by atoms with Crippen molar-refractivity contribution in [1.82, 2.24) is 14.3 Å². The highest BCUT2D eigenvalue weighted by Gasteiger charge is 2.15. The topological polar surface area (TPSA) is 65.0 Å². The van der Waals surface area contributed by atoms with Crippen molar-refractivity contribution in [2.45, 2.75) is 11.9 Å². The Morgan fingerprint density at radius 3 is 2.86 bits per heavy atom. The molecule has 0 fully saturated rings. The van der Waals surface area contributed by atoms with Crippen molar-refractivity contribution in [3.05, 3.63) is 36.7 Å². The zero-order chi connectivity index (χ0) is 15.4. The maximum Gasteiger partial charge on any atom is 0.316 e. The van der Waals surface area contributed by atoms with Crippen LogP contribution in [0.4, 0.5) is 0 Å². The lowest BCUT2D eigenvalue weighted by molar-refractivity contribution is -0.139. The van der Waals surface area contributed by atoms with E-state index in [4.69, 9.17) is 4.74 Å². The van der Waals surface area contributed by atoms with Crippen molar-refractivity contribution in [2.24, 2.45) is 0 Å². The Hall–Kier alpha value is -1.99. The van der Waals surface area contributed by atoms with Gasteiger partial charge >= 0.3 is 5.97 Å². The zero-order valence-corrected chi connectivity index (χ0v) is 13.5. The molecule has 2 heterocycles. The summed E-state index contributed by atoms with van der Waals surface area (Å²) in [5.41, 5.74) is 2.69. The molecule has 0 aliphatic rings. The molecule has 22 heavy (non-hydrogen) atoms. The molecule has 0 aliphatic carbocycles. The number of hydrogen-bond donors (Lipinski definition) is 0. The van der Waals surface area contributed by atoms with E-state index in [1.54, 1.807) is 6.92 Å². The summed E-state index contributed by atoms with van der Waals surface area (Å²) in [6, 6.07) is 9.91. The van der Waals surface area contributed by atoms with E-state index < -0.39 is 0 Å². The minimum Gasteiger partial charge on any atom is -0.465 e. The fourth-order valence-corrected chi connectivity index (χ4v) is 3.68. The molecular weight excluding hydrogens is 318 g/mol. The SMILES string of the molecule is CCOC(=O)CSc1ncnc2c(-c3ccccc3)nsc12. The fraction of sp³-hybridized carbons (Fsp3) is 0.200. The molecule has 112 valence electrons. The van der Waals surface area contributed by atoms with Crippen LogP contribution in [0.1, 0.15) is 6.92 Å². The minimum absolute atomic E-state index is 0.235. The van der Waals surface area contributed by atoms with E-state index in [1.165, 1.54) is 29.6 Å². The number of benzene rings is 1. The molecule has 0 unspecified atom stereocenters. The van der Waals surface area contributed by atoms with E-state index in [2.05, 4.69) is 14.3 Å². The standard InChI is InChI=1S/C15H13N3O2S2/c1-2-20-11(19)8-21-15-14-13(16-9-17-15)12(18-22-14)10-6-4-3-5-7-10/h3-7,9H,2,8H2,1H3. The molecule has 0 atom stereocenters. The number of ether oxygens (including phenoxy) is 1. The monoisotopic (exact) mass is 331 g/mol. The number of hydrogen-bond acceptors (Lipinski definition) is 7. The summed E-state index contributed by atoms with van der Waals surface area (Å²) in [5, 5.41) is 0.762. The van der Waals surface area contributed by atoms with Gasteiger partial charge in [-0.05, 0) is 18.5 Å². The molecule has 0 amide bonds. The van der Waals surface area contributed by atoms with Crippen LogP contribution >= 0.6 is 23.3 Å². The fourth-order valence-electron chi connectivity index (χ4n) is 1.96. The lowest BCUT2D eigenvalue weighted by atomic mass is 10.1. The van der Waals surface area contributed by atoms with Crippen LogP contribution in [0.15, 0.2) is 41.7 Å². The Bertz CT molecular complexity index is 790. The largest absolute Gasteiger partial charge is 0.465 e. The molecule has 3 aromatic rings. The molecule has 2 aromatic heterocycles. The molecule has 7 heteroatoms. The van der Waals surface area contributed by atoms with E-state index >= 15 is 0 Å². The van der Waals surface area contributed by atoms with Crippen LogP contribution in [-0.2, 0) is 9.53 Å². The molecule has 0 saturated carbocycles. The van der Waals surface area contributed by atoms with Crippen LogP contribution in [0.3, 0.4) is 0 Å². The van der Waals surface area contributed by atoms with Crippen LogP contribution in [0.25, 0.3) is 21.5 Å². The molecule has 1 aromatic carbocycles. The Labute approximate surface area is 135 Å². The van der Waals surface area contributed by atoms with Crippen molar-refractivity contribution in [3.63, 3.8) is 0 Å². The van der Waals surface area contributed by atoms with Gasteiger partial charge in [-0.15, -0.1) is 0 Å². The van der Waals surface area contributed by atoms with Gasteiger partial charge in [0.1, 0.15) is 27.3 Å². The maximum absolute atomic E-state index is 11.5. The van der Waals surface area contributed by atoms with Crippen LogP contribution in [0.5, 0.6) is 0 Å². The smallest absolute Gasteiger partial charge is 0.316 e. The van der Waals surface area contributed by atoms with Crippen molar-refractivity contribution < 1.29 is 9.53 Å². The van der Waals surface area contributed by atoms with Crippen LogP contribution in [0.2, 0.25) is 0 Å². The van der Waals surface area contributed by atoms with Gasteiger partial charge in [-0.2, -0.15) is 4.37 Å². The van der Waals surface area contributed by atoms with Gasteiger partial charge in [-0.3, -0.25) is 4.79 Å². The van der Waals surface area contributed by atoms with Gasteiger partial charge < -0.3 is 4.74 Å². The Balaban J connectivity index is 1.91. The molecule has 0 bridgehead atoms. The van der Waals surface area contributed by atoms with Crippen molar-refractivity contribution >= 4 is 39.5 Å². The Morgan fingerprint density at radius 1 is 1.27 bits per heavy atom. The number of nitrogens with zero attached hydrogens (tertiary/aromatic N) is 3. The van der Waals surface area contributed by atoms with Gasteiger partial charge in [0.05, 0.1) is 12.4 Å². The van der Waals surface area contributed by atoms with E-state index in [-0.39, 0.29) is 11.7 Å². The summed E-state index contributed by atoms with van der Waals surface area (Å²) in [4.78, 5) is 20.1. The van der Waals surface area contributed by atoms with Gasteiger partial charge in [-0.25, -0.2) is 9.97 Å². The molecule has 0 aliphatic heterocycles. The maximum atomic E-state index is 11.5. The summed E-state index contributed by atoms with van der Waals surface area (Å²) < 4.78 is 10.3. The van der Waals surface area contributed by atoms with Crippen LogP contribution in [-0.4, -0.2) is 32.7 Å². The van der Waals surface area contributed by atoms with Crippen LogP contribution in [0, 0.1) is 0 Å². The summed E-state index contributed by atoms with van der Waals surface area (Å²) in [7, 11) is 0. The predicted octanol–water partition coefficient (Wildman–Crippen LogP) is 3.41. The predicted molar refractivity (Wildman–Crippen MR) is 88.0 cm³/mol. The van der Waals surface area contributed by atoms with Crippen molar-refractivity contribution in [2.75, 3.05) is 12.4 Å². The lowest BCUT2D eigenvalue weighted by Crippen LogP contribution is -2.06. The van der Waals surface area contributed by atoms with Crippen molar-refractivity contribution in [1.29, 1.82) is 0 Å². The summed E-state index contributed by atoms with van der Waals surface area (Å²) >= 11 is 2.70. The number of fused-ring (bicyclic) bond motifs is 1. The van der Waals surface area contributed by atoms with Gasteiger partial charge in [0.25, 0.3) is 0 Å². The average Bonchev–Trinajstić information content (AvgIpc) is 2.98. The number of carbonyl (C=O) groups is 1. The van der Waals surface area contributed by atoms with Gasteiger partial charge in [0.15, 0.2) is 0 Å². The van der Waals surface area contributed by atoms with E-state index in [0.717, 1.165) is 26.5 Å². The van der Waals surface area contributed by atoms with Crippen LogP contribution < -0.4 is 0 Å². The van der Waals surface area contributed by atoms with E-state index in [0.29, 0.717) is 6.61 Å². The number of esters is 1. The number of aromatic nitrogens is 3. The van der Waals surface area contributed by atoms with Gasteiger partial charge in [-0.1, -0.05) is 42.1 Å². The number of carbonyl (C=O) groups excluding carboxylic acids is 1. The molecule has 0 spiro atoms. The normalized spacial score (nSPS) is 10.8. The second-order valence-corrected chi connectivity index (χ2v) is 6.08. The quantitative estimate of drug-likeness (QED) is 0.405. The molecular formula is C15H13N3O2S2. The second kappa shape index (κ2) is 6.85. The Kier molecular flexibility index (Phi) is 4.65. The zero-order valence-electron chi connectivity index (χ0n) is 11.9. The molecule has 0 N–H and O–H groups in total. The third-order valence-electron chi connectivity index (χ3n) is 2.90. The summed E-state index contributed by atoms with van der Waals surface area (Å²) in [5.74, 6) is -0.00882. The first kappa shape index (κ1) is 14.9. The first-order chi connectivity index (χ1) is 10.8. The number of thioether (sulfide) groups is 1. The average molecular weight is 331 g/mol. The second-order valence-electron chi connectivity index (χ2n) is 4.35. The highest BCUT2D eigenvalue weighted by molar-refractivity contribution is 8.00. The van der Waals surface area contributed by atoms with E-state index in [9.17, 15) is 4.79 Å². The highest BCUT2D eigenvalue weighted by atomic mass is 32.2. The summed E-state index contributed by atoms with van der Waals surface area (Å²) in [6.45, 7) is 2.18. The molecule has 0 saturated heterocycles. The molecule has 3 rings (SSSR count). The van der Waals surface area contributed by atoms with Gasteiger partial charge in [0.2, 0.25) is 0 Å². The molecule has 0 radical (unpaired) electrons. The first-order valence-electron chi connectivity index (χ1n) is 6.73. The highest BCUT2D eigenvalue weighted by Crippen LogP contribution is 2.34. The summed E-state index contributed by atoms with van der Waals surface area (Å²) in [6.07, 6.45) is 1.51. The van der Waals surface area contributed by atoms with Gasteiger partial charge in [0, 0.05) is 5.56 Å². The van der Waals surface area contributed by atoms with E-state index in [1.807, 2.05) is 30.3 Å².